The van der Waals surface area contributed by atoms with Gasteiger partial charge in [-0.15, -0.1) is 0 Å². The van der Waals surface area contributed by atoms with Gasteiger partial charge in [-0.25, -0.2) is 4.98 Å². The van der Waals surface area contributed by atoms with Crippen molar-refractivity contribution in [3.63, 3.8) is 0 Å². The summed E-state index contributed by atoms with van der Waals surface area (Å²) < 4.78 is 6.17. The third kappa shape index (κ3) is 3.80. The first kappa shape index (κ1) is 11.7. The van der Waals surface area contributed by atoms with Crippen molar-refractivity contribution in [2.45, 2.75) is 20.3 Å². The number of aromatic nitrogens is 2. The van der Waals surface area contributed by atoms with Crippen molar-refractivity contribution in [2.75, 3.05) is 6.61 Å². The molecule has 5 heteroatoms. The van der Waals surface area contributed by atoms with Crippen molar-refractivity contribution in [3.05, 3.63) is 16.0 Å². The first-order valence-corrected chi connectivity index (χ1v) is 5.57. The Kier molecular flexibility index (Phi) is 4.62. The van der Waals surface area contributed by atoms with Crippen molar-refractivity contribution in [1.82, 2.24) is 9.97 Å². The number of rotatable bonds is 4. The van der Waals surface area contributed by atoms with E-state index in [0.717, 1.165) is 10.9 Å². The van der Waals surface area contributed by atoms with Crippen LogP contribution in [0.4, 0.5) is 0 Å². The third-order valence-electron chi connectivity index (χ3n) is 1.62. The molecule has 1 aromatic rings. The van der Waals surface area contributed by atoms with Crippen molar-refractivity contribution in [2.24, 2.45) is 5.92 Å². The Morgan fingerprint density at radius 3 is 2.93 bits per heavy atom. The van der Waals surface area contributed by atoms with Gasteiger partial charge in [-0.1, -0.05) is 13.8 Å². The molecule has 1 heterocycles. The van der Waals surface area contributed by atoms with Gasteiger partial charge in [-0.3, -0.25) is 0 Å². The quantitative estimate of drug-likeness (QED) is 0.793. The zero-order chi connectivity index (χ0) is 10.6. The number of hydrogen-bond acceptors (Lipinski definition) is 3. The molecule has 1 aromatic heterocycles. The van der Waals surface area contributed by atoms with Crippen LogP contribution in [0.25, 0.3) is 0 Å². The molecule has 0 atom stereocenters. The summed E-state index contributed by atoms with van der Waals surface area (Å²) in [5.74, 6) is 1.12. The van der Waals surface area contributed by atoms with E-state index in [0.29, 0.717) is 18.4 Å². The second-order valence-corrected chi connectivity index (χ2v) is 4.52. The summed E-state index contributed by atoms with van der Waals surface area (Å²) in [6.45, 7) is 4.93. The SMILES string of the molecule is CC(C)CCOc1nc(Cl)ncc1Br. The number of nitrogens with zero attached hydrogens (tertiary/aromatic N) is 2. The van der Waals surface area contributed by atoms with Gasteiger partial charge in [0.25, 0.3) is 0 Å². The first-order valence-electron chi connectivity index (χ1n) is 4.40. The van der Waals surface area contributed by atoms with Gasteiger partial charge in [-0.2, -0.15) is 4.98 Å². The lowest BCUT2D eigenvalue weighted by molar-refractivity contribution is 0.277. The van der Waals surface area contributed by atoms with Crippen LogP contribution in [0.5, 0.6) is 5.88 Å². The van der Waals surface area contributed by atoms with Crippen LogP contribution in [-0.2, 0) is 0 Å². The van der Waals surface area contributed by atoms with Crippen LogP contribution < -0.4 is 4.74 Å². The van der Waals surface area contributed by atoms with Crippen LogP contribution in [0.1, 0.15) is 20.3 Å². The summed E-state index contributed by atoms with van der Waals surface area (Å²) in [7, 11) is 0. The molecule has 0 saturated heterocycles. The van der Waals surface area contributed by atoms with Crippen molar-refractivity contribution < 1.29 is 4.74 Å². The molecular weight excluding hydrogens is 267 g/mol. The summed E-state index contributed by atoms with van der Waals surface area (Å²) in [5, 5.41) is 0.202. The first-order chi connectivity index (χ1) is 6.59. The minimum atomic E-state index is 0.202. The molecule has 0 fully saturated rings. The van der Waals surface area contributed by atoms with Crippen LogP contribution in [0.15, 0.2) is 10.7 Å². The monoisotopic (exact) mass is 278 g/mol. The van der Waals surface area contributed by atoms with Gasteiger partial charge >= 0.3 is 0 Å². The van der Waals surface area contributed by atoms with Crippen molar-refractivity contribution >= 4 is 27.5 Å². The van der Waals surface area contributed by atoms with Crippen LogP contribution in [0, 0.1) is 5.92 Å². The average Bonchev–Trinajstić information content (AvgIpc) is 2.10. The largest absolute Gasteiger partial charge is 0.477 e. The molecule has 0 bridgehead atoms. The zero-order valence-electron chi connectivity index (χ0n) is 8.13. The summed E-state index contributed by atoms with van der Waals surface area (Å²) in [6.07, 6.45) is 2.58. The van der Waals surface area contributed by atoms with Gasteiger partial charge in [0, 0.05) is 6.20 Å². The highest BCUT2D eigenvalue weighted by Gasteiger charge is 2.05. The molecule has 0 unspecified atom stereocenters. The lowest BCUT2D eigenvalue weighted by atomic mass is 10.1. The van der Waals surface area contributed by atoms with E-state index >= 15 is 0 Å². The molecule has 0 amide bonds. The fraction of sp³-hybridized carbons (Fsp3) is 0.556. The van der Waals surface area contributed by atoms with E-state index in [-0.39, 0.29) is 5.28 Å². The molecule has 0 aliphatic rings. The van der Waals surface area contributed by atoms with Crippen LogP contribution in [0.3, 0.4) is 0 Å². The Bertz CT molecular complexity index is 307. The lowest BCUT2D eigenvalue weighted by Gasteiger charge is -2.08. The second kappa shape index (κ2) is 5.51. The van der Waals surface area contributed by atoms with Crippen LogP contribution in [0.2, 0.25) is 5.28 Å². The Labute approximate surface area is 97.0 Å². The fourth-order valence-electron chi connectivity index (χ4n) is 0.824. The smallest absolute Gasteiger partial charge is 0.232 e. The molecule has 14 heavy (non-hydrogen) atoms. The minimum absolute atomic E-state index is 0.202. The number of hydrogen-bond donors (Lipinski definition) is 0. The summed E-state index contributed by atoms with van der Waals surface area (Å²) in [5.41, 5.74) is 0. The number of ether oxygens (including phenoxy) is 1. The van der Waals surface area contributed by atoms with Gasteiger partial charge in [0.15, 0.2) is 0 Å². The maximum atomic E-state index is 5.64. The second-order valence-electron chi connectivity index (χ2n) is 3.32. The zero-order valence-corrected chi connectivity index (χ0v) is 10.5. The third-order valence-corrected chi connectivity index (χ3v) is 2.34. The Morgan fingerprint density at radius 1 is 1.57 bits per heavy atom. The topological polar surface area (TPSA) is 35.0 Å². The normalized spacial score (nSPS) is 10.6. The van der Waals surface area contributed by atoms with E-state index in [1.54, 1.807) is 6.20 Å². The molecule has 0 aromatic carbocycles. The Hall–Kier alpha value is -0.350. The lowest BCUT2D eigenvalue weighted by Crippen LogP contribution is -2.03. The van der Waals surface area contributed by atoms with Gasteiger partial charge < -0.3 is 4.74 Å². The van der Waals surface area contributed by atoms with E-state index in [4.69, 9.17) is 16.3 Å². The van der Waals surface area contributed by atoms with Gasteiger partial charge in [0.2, 0.25) is 11.2 Å². The van der Waals surface area contributed by atoms with E-state index < -0.39 is 0 Å². The molecule has 0 saturated carbocycles. The maximum absolute atomic E-state index is 5.64. The summed E-state index contributed by atoms with van der Waals surface area (Å²) in [4.78, 5) is 7.76. The van der Waals surface area contributed by atoms with Crippen LogP contribution >= 0.6 is 27.5 Å². The fourth-order valence-corrected chi connectivity index (χ4v) is 1.25. The van der Waals surface area contributed by atoms with E-state index in [2.05, 4.69) is 39.7 Å². The van der Waals surface area contributed by atoms with Gasteiger partial charge in [0.1, 0.15) is 0 Å². The van der Waals surface area contributed by atoms with Gasteiger partial charge in [0.05, 0.1) is 11.1 Å². The molecule has 3 nitrogen and oxygen atoms in total. The van der Waals surface area contributed by atoms with Crippen molar-refractivity contribution in [3.8, 4) is 5.88 Å². The molecule has 0 spiro atoms. The number of halogens is 2. The highest BCUT2D eigenvalue weighted by Crippen LogP contribution is 2.22. The maximum Gasteiger partial charge on any atom is 0.232 e. The Morgan fingerprint density at radius 2 is 2.29 bits per heavy atom. The molecule has 0 N–H and O–H groups in total. The molecule has 1 rings (SSSR count). The summed E-state index contributed by atoms with van der Waals surface area (Å²) >= 11 is 8.92. The molecule has 0 radical (unpaired) electrons. The highest BCUT2D eigenvalue weighted by atomic mass is 79.9. The summed E-state index contributed by atoms with van der Waals surface area (Å²) in [6, 6.07) is 0. The standard InChI is InChI=1S/C9H12BrClN2O/c1-6(2)3-4-14-8-7(10)5-12-9(11)13-8/h5-6H,3-4H2,1-2H3. The van der Waals surface area contributed by atoms with Crippen LogP contribution in [-0.4, -0.2) is 16.6 Å². The molecule has 0 aliphatic carbocycles. The average molecular weight is 280 g/mol. The molecular formula is C9H12BrClN2O. The van der Waals surface area contributed by atoms with Gasteiger partial charge in [-0.05, 0) is 39.9 Å². The predicted octanol–water partition coefficient (Wildman–Crippen LogP) is 3.32. The predicted molar refractivity (Wildman–Crippen MR) is 59.7 cm³/mol. The minimum Gasteiger partial charge on any atom is -0.477 e. The van der Waals surface area contributed by atoms with E-state index in [1.165, 1.54) is 0 Å². The highest BCUT2D eigenvalue weighted by molar-refractivity contribution is 9.10. The molecule has 78 valence electrons. The van der Waals surface area contributed by atoms with E-state index in [9.17, 15) is 0 Å². The molecule has 0 aliphatic heterocycles. The van der Waals surface area contributed by atoms with E-state index in [1.807, 2.05) is 0 Å². The Balaban J connectivity index is 2.53. The van der Waals surface area contributed by atoms with Crippen molar-refractivity contribution in [1.29, 1.82) is 0 Å².